The van der Waals surface area contributed by atoms with Gasteiger partial charge in [0.1, 0.15) is 30.1 Å². The van der Waals surface area contributed by atoms with Gasteiger partial charge in [-0.05, 0) is 18.2 Å². The normalized spacial score (nSPS) is 29.2. The van der Waals surface area contributed by atoms with Gasteiger partial charge < -0.3 is 24.8 Å². The van der Waals surface area contributed by atoms with Gasteiger partial charge in [-0.25, -0.2) is 4.98 Å². The van der Waals surface area contributed by atoms with Crippen molar-refractivity contribution < 1.29 is 24.8 Å². The van der Waals surface area contributed by atoms with Crippen molar-refractivity contribution in [2.75, 3.05) is 6.61 Å². The van der Waals surface area contributed by atoms with Crippen molar-refractivity contribution in [3.63, 3.8) is 0 Å². The van der Waals surface area contributed by atoms with E-state index in [0.717, 1.165) is 4.70 Å². The number of aliphatic hydroxyl groups is 3. The molecule has 110 valence electrons. The van der Waals surface area contributed by atoms with Crippen LogP contribution in [-0.4, -0.2) is 51.5 Å². The summed E-state index contributed by atoms with van der Waals surface area (Å²) >= 11 is 1.23. The van der Waals surface area contributed by atoms with Gasteiger partial charge in [-0.2, -0.15) is 5.26 Å². The number of nitriles is 1. The number of hydrogen-bond donors (Lipinski definition) is 3. The molecule has 3 N–H and O–H groups in total. The Morgan fingerprint density at radius 1 is 1.33 bits per heavy atom. The molecule has 2 heterocycles. The standard InChI is InChI=1S/C13H12N2O5S/c14-4-10-15-7-2-1-6(3-9(7)21-10)20-13-12(18)11(17)8(16)5-19-13/h1-3,8,11-13,16-18H,5H2/t8-,11+,12-,13+/m1/s1. The summed E-state index contributed by atoms with van der Waals surface area (Å²) in [6, 6.07) is 6.99. The van der Waals surface area contributed by atoms with Crippen molar-refractivity contribution >= 4 is 21.6 Å². The SMILES string of the molecule is N#Cc1nc2ccc(O[C@@H]3OC[C@@H](O)[C@H](O)[C@H]3O)cc2s1. The number of aromatic nitrogens is 1. The highest BCUT2D eigenvalue weighted by atomic mass is 32.1. The van der Waals surface area contributed by atoms with Crippen LogP contribution in [0.3, 0.4) is 0 Å². The lowest BCUT2D eigenvalue weighted by Crippen LogP contribution is -2.54. The first-order valence-electron chi connectivity index (χ1n) is 6.21. The largest absolute Gasteiger partial charge is 0.462 e. The van der Waals surface area contributed by atoms with Crippen molar-refractivity contribution in [1.82, 2.24) is 4.98 Å². The van der Waals surface area contributed by atoms with Crippen LogP contribution in [0.1, 0.15) is 5.01 Å². The molecule has 1 aliphatic heterocycles. The van der Waals surface area contributed by atoms with Crippen LogP contribution in [0.25, 0.3) is 10.2 Å². The zero-order chi connectivity index (χ0) is 15.0. The molecule has 0 saturated carbocycles. The Hall–Kier alpha value is -1.76. The van der Waals surface area contributed by atoms with E-state index in [4.69, 9.17) is 14.7 Å². The lowest BCUT2D eigenvalue weighted by atomic mass is 10.1. The third kappa shape index (κ3) is 2.70. The molecule has 0 unspecified atom stereocenters. The summed E-state index contributed by atoms with van der Waals surface area (Å²) in [4.78, 5) is 4.10. The molecule has 0 radical (unpaired) electrons. The van der Waals surface area contributed by atoms with E-state index in [1.807, 2.05) is 6.07 Å². The van der Waals surface area contributed by atoms with Crippen LogP contribution >= 0.6 is 11.3 Å². The topological polar surface area (TPSA) is 116 Å². The van der Waals surface area contributed by atoms with Crippen LogP contribution in [0.15, 0.2) is 18.2 Å². The maximum Gasteiger partial charge on any atom is 0.228 e. The highest BCUT2D eigenvalue weighted by Crippen LogP contribution is 2.28. The van der Waals surface area contributed by atoms with Gasteiger partial charge in [-0.15, -0.1) is 11.3 Å². The second kappa shape index (κ2) is 5.55. The second-order valence-corrected chi connectivity index (χ2v) is 5.66. The van der Waals surface area contributed by atoms with Crippen LogP contribution in [0.5, 0.6) is 5.75 Å². The smallest absolute Gasteiger partial charge is 0.228 e. The molecule has 1 aliphatic rings. The Kier molecular flexibility index (Phi) is 3.75. The first kappa shape index (κ1) is 14.2. The Labute approximate surface area is 123 Å². The third-order valence-corrected chi connectivity index (χ3v) is 4.08. The lowest BCUT2D eigenvalue weighted by Gasteiger charge is -2.34. The summed E-state index contributed by atoms with van der Waals surface area (Å²) in [5.41, 5.74) is 0.685. The van der Waals surface area contributed by atoms with Crippen LogP contribution in [0.4, 0.5) is 0 Å². The molecular formula is C13H12N2O5S. The van der Waals surface area contributed by atoms with Crippen LogP contribution in [0, 0.1) is 11.3 Å². The minimum Gasteiger partial charge on any atom is -0.462 e. The van der Waals surface area contributed by atoms with Crippen molar-refractivity contribution in [2.24, 2.45) is 0 Å². The average molecular weight is 308 g/mol. The van der Waals surface area contributed by atoms with E-state index in [0.29, 0.717) is 16.3 Å². The summed E-state index contributed by atoms with van der Waals surface area (Å²) in [5.74, 6) is 0.420. The van der Waals surface area contributed by atoms with E-state index in [2.05, 4.69) is 4.98 Å². The summed E-state index contributed by atoms with van der Waals surface area (Å²) in [7, 11) is 0. The fourth-order valence-corrected chi connectivity index (χ4v) is 2.83. The quantitative estimate of drug-likeness (QED) is 0.714. The first-order chi connectivity index (χ1) is 10.1. The molecular weight excluding hydrogens is 296 g/mol. The van der Waals surface area contributed by atoms with Crippen molar-refractivity contribution in [3.05, 3.63) is 23.2 Å². The van der Waals surface area contributed by atoms with E-state index >= 15 is 0 Å². The number of rotatable bonds is 2. The van der Waals surface area contributed by atoms with Gasteiger partial charge in [0, 0.05) is 0 Å². The van der Waals surface area contributed by atoms with Crippen molar-refractivity contribution in [2.45, 2.75) is 24.6 Å². The van der Waals surface area contributed by atoms with Crippen molar-refractivity contribution in [3.8, 4) is 11.8 Å². The number of nitrogens with zero attached hydrogens (tertiary/aromatic N) is 2. The molecule has 3 rings (SSSR count). The Balaban J connectivity index is 1.80. The minimum absolute atomic E-state index is 0.121. The van der Waals surface area contributed by atoms with E-state index in [1.54, 1.807) is 18.2 Å². The summed E-state index contributed by atoms with van der Waals surface area (Å²) in [6.07, 6.45) is -4.87. The molecule has 8 heteroatoms. The molecule has 4 atom stereocenters. The van der Waals surface area contributed by atoms with Gasteiger partial charge >= 0.3 is 0 Å². The predicted octanol–water partition coefficient (Wildman–Crippen LogP) is -0.0142. The molecule has 0 bridgehead atoms. The second-order valence-electron chi connectivity index (χ2n) is 4.63. The van der Waals surface area contributed by atoms with E-state index in [1.165, 1.54) is 11.3 Å². The molecule has 0 amide bonds. The highest BCUT2D eigenvalue weighted by molar-refractivity contribution is 7.19. The van der Waals surface area contributed by atoms with Crippen LogP contribution in [-0.2, 0) is 4.74 Å². The van der Waals surface area contributed by atoms with Crippen LogP contribution < -0.4 is 4.74 Å². The Morgan fingerprint density at radius 3 is 2.90 bits per heavy atom. The summed E-state index contributed by atoms with van der Waals surface area (Å²) in [6.45, 7) is -0.121. The van der Waals surface area contributed by atoms with Gasteiger partial charge in [0.2, 0.25) is 6.29 Å². The summed E-state index contributed by atoms with van der Waals surface area (Å²) in [5, 5.41) is 38.0. The van der Waals surface area contributed by atoms with E-state index in [9.17, 15) is 15.3 Å². The number of fused-ring (bicyclic) bond motifs is 1. The molecule has 1 aromatic carbocycles. The average Bonchev–Trinajstić information content (AvgIpc) is 2.90. The van der Waals surface area contributed by atoms with E-state index in [-0.39, 0.29) is 6.61 Å². The van der Waals surface area contributed by atoms with Crippen molar-refractivity contribution in [1.29, 1.82) is 5.26 Å². The fourth-order valence-electron chi connectivity index (χ4n) is 2.04. The monoisotopic (exact) mass is 308 g/mol. The third-order valence-electron chi connectivity index (χ3n) is 3.16. The highest BCUT2D eigenvalue weighted by Gasteiger charge is 2.39. The molecule has 0 aliphatic carbocycles. The van der Waals surface area contributed by atoms with Gasteiger partial charge in [0.25, 0.3) is 0 Å². The number of aliphatic hydroxyl groups excluding tert-OH is 3. The van der Waals surface area contributed by atoms with E-state index < -0.39 is 24.6 Å². The lowest BCUT2D eigenvalue weighted by molar-refractivity contribution is -0.242. The molecule has 7 nitrogen and oxygen atoms in total. The number of benzene rings is 1. The molecule has 1 saturated heterocycles. The summed E-state index contributed by atoms with van der Waals surface area (Å²) < 4.78 is 11.4. The maximum atomic E-state index is 9.81. The molecule has 2 aromatic rings. The molecule has 21 heavy (non-hydrogen) atoms. The van der Waals surface area contributed by atoms with Gasteiger partial charge in [-0.1, -0.05) is 0 Å². The van der Waals surface area contributed by atoms with Crippen LogP contribution in [0.2, 0.25) is 0 Å². The number of ether oxygens (including phenoxy) is 2. The Morgan fingerprint density at radius 2 is 2.14 bits per heavy atom. The fraction of sp³-hybridized carbons (Fsp3) is 0.385. The van der Waals surface area contributed by atoms with Gasteiger partial charge in [0.05, 0.1) is 16.8 Å². The predicted molar refractivity (Wildman–Crippen MR) is 72.7 cm³/mol. The zero-order valence-electron chi connectivity index (χ0n) is 10.7. The number of thiazole rings is 1. The minimum atomic E-state index is -1.35. The zero-order valence-corrected chi connectivity index (χ0v) is 11.5. The van der Waals surface area contributed by atoms with Gasteiger partial charge in [-0.3, -0.25) is 0 Å². The molecule has 1 fully saturated rings. The molecule has 1 aromatic heterocycles. The number of hydrogen-bond acceptors (Lipinski definition) is 8. The first-order valence-corrected chi connectivity index (χ1v) is 7.03. The molecule has 0 spiro atoms. The Bertz CT molecular complexity index is 697. The maximum absolute atomic E-state index is 9.81. The van der Waals surface area contributed by atoms with Gasteiger partial charge in [0.15, 0.2) is 5.01 Å².